The molecule has 8 nitrogen and oxygen atoms in total. The highest BCUT2D eigenvalue weighted by Crippen LogP contribution is 2.28. The minimum absolute atomic E-state index is 0.0661. The lowest BCUT2D eigenvalue weighted by atomic mass is 9.95. The number of nitro groups is 1. The second-order valence-electron chi connectivity index (χ2n) is 5.91. The summed E-state index contributed by atoms with van der Waals surface area (Å²) in [5.41, 5.74) is 1.18. The number of nitro benzene ring substituents is 1. The minimum atomic E-state index is -0.723. The number of esters is 1. The number of amides is 2. The summed E-state index contributed by atoms with van der Waals surface area (Å²) in [6.45, 7) is 5.71. The van der Waals surface area contributed by atoms with E-state index in [1.807, 2.05) is 13.8 Å². The Morgan fingerprint density at radius 2 is 1.96 bits per heavy atom. The van der Waals surface area contributed by atoms with Crippen LogP contribution in [0.1, 0.15) is 32.4 Å². The summed E-state index contributed by atoms with van der Waals surface area (Å²) < 4.78 is 5.27. The summed E-state index contributed by atoms with van der Waals surface area (Å²) in [5.74, 6) is -0.351. The lowest BCUT2D eigenvalue weighted by Crippen LogP contribution is -2.45. The number of non-ortho nitro benzene ring substituents is 1. The van der Waals surface area contributed by atoms with Gasteiger partial charge in [0.25, 0.3) is 5.69 Å². The van der Waals surface area contributed by atoms with Crippen LogP contribution in [0.5, 0.6) is 0 Å². The van der Waals surface area contributed by atoms with Crippen molar-refractivity contribution in [3.05, 3.63) is 51.2 Å². The number of allylic oxidation sites excluding steroid dienone is 1. The molecule has 1 aliphatic rings. The number of nitrogens with one attached hydrogen (secondary N) is 2. The molecule has 0 unspecified atom stereocenters. The monoisotopic (exact) mass is 333 g/mol. The number of rotatable bonds is 5. The van der Waals surface area contributed by atoms with Crippen LogP contribution in [0.25, 0.3) is 0 Å². The highest BCUT2D eigenvalue weighted by Gasteiger charge is 2.32. The molecule has 0 saturated carbocycles. The van der Waals surface area contributed by atoms with E-state index >= 15 is 0 Å². The van der Waals surface area contributed by atoms with Gasteiger partial charge in [0.1, 0.15) is 0 Å². The molecule has 0 radical (unpaired) electrons. The third-order valence-electron chi connectivity index (χ3n) is 3.47. The number of benzene rings is 1. The molecule has 1 aliphatic heterocycles. The fraction of sp³-hybridized carbons (Fsp3) is 0.375. The van der Waals surface area contributed by atoms with Gasteiger partial charge in [0, 0.05) is 17.8 Å². The molecule has 1 heterocycles. The van der Waals surface area contributed by atoms with Crippen LogP contribution in [-0.4, -0.2) is 23.5 Å². The number of ether oxygens (including phenoxy) is 1. The first-order chi connectivity index (χ1) is 11.3. The molecular formula is C16H19N3O5. The largest absolute Gasteiger partial charge is 0.462 e. The fourth-order valence-corrected chi connectivity index (χ4v) is 2.32. The normalized spacial score (nSPS) is 17.3. The lowest BCUT2D eigenvalue weighted by molar-refractivity contribution is -0.384. The molecule has 0 aliphatic carbocycles. The average Bonchev–Trinajstić information content (AvgIpc) is 2.52. The summed E-state index contributed by atoms with van der Waals surface area (Å²) in [4.78, 5) is 34.4. The van der Waals surface area contributed by atoms with Crippen LogP contribution in [-0.2, 0) is 9.53 Å². The maximum absolute atomic E-state index is 12.4. The lowest BCUT2D eigenvalue weighted by Gasteiger charge is -2.28. The van der Waals surface area contributed by atoms with Crippen molar-refractivity contribution >= 4 is 17.7 Å². The Hall–Kier alpha value is -2.90. The Morgan fingerprint density at radius 3 is 2.50 bits per heavy atom. The van der Waals surface area contributed by atoms with E-state index in [0.29, 0.717) is 11.3 Å². The first-order valence-corrected chi connectivity index (χ1v) is 7.49. The summed E-state index contributed by atoms with van der Waals surface area (Å²) in [7, 11) is 0. The van der Waals surface area contributed by atoms with Gasteiger partial charge in [0.2, 0.25) is 0 Å². The second kappa shape index (κ2) is 7.12. The average molecular weight is 333 g/mol. The second-order valence-corrected chi connectivity index (χ2v) is 5.91. The number of carbonyl (C=O) groups excluding carboxylic acids is 2. The van der Waals surface area contributed by atoms with Gasteiger partial charge < -0.3 is 15.4 Å². The number of urea groups is 1. The zero-order valence-corrected chi connectivity index (χ0v) is 13.7. The van der Waals surface area contributed by atoms with E-state index in [2.05, 4.69) is 10.6 Å². The molecular weight excluding hydrogens is 314 g/mol. The molecule has 1 atom stereocenters. The zero-order chi connectivity index (χ0) is 17.9. The Labute approximate surface area is 139 Å². The van der Waals surface area contributed by atoms with Crippen LogP contribution in [0, 0.1) is 16.0 Å². The van der Waals surface area contributed by atoms with Crippen LogP contribution >= 0.6 is 0 Å². The van der Waals surface area contributed by atoms with Crippen molar-refractivity contribution in [2.45, 2.75) is 26.8 Å². The predicted octanol–water partition coefficient (Wildman–Crippen LogP) is 2.42. The van der Waals surface area contributed by atoms with Gasteiger partial charge in [-0.2, -0.15) is 0 Å². The number of carbonyl (C=O) groups is 2. The Kier molecular flexibility index (Phi) is 5.18. The maximum atomic E-state index is 12.4. The van der Waals surface area contributed by atoms with Crippen LogP contribution in [0.3, 0.4) is 0 Å². The zero-order valence-electron chi connectivity index (χ0n) is 13.7. The van der Waals surface area contributed by atoms with Crippen LogP contribution < -0.4 is 10.6 Å². The van der Waals surface area contributed by atoms with Crippen molar-refractivity contribution < 1.29 is 19.2 Å². The number of hydrogen-bond donors (Lipinski definition) is 2. The molecule has 0 spiro atoms. The third-order valence-corrected chi connectivity index (χ3v) is 3.47. The predicted molar refractivity (Wildman–Crippen MR) is 86.0 cm³/mol. The quantitative estimate of drug-likeness (QED) is 0.488. The maximum Gasteiger partial charge on any atom is 0.338 e. The van der Waals surface area contributed by atoms with Crippen LogP contribution in [0.15, 0.2) is 35.5 Å². The standard InChI is InChI=1S/C16H19N3O5/c1-9(2)8-24-15(20)13-10(3)17-16(21)18-14(13)11-4-6-12(7-5-11)19(22)23/h4-7,9,14H,8H2,1-3H3,(H2,17,18,21)/t14-/m1/s1. The molecule has 2 N–H and O–H groups in total. The molecule has 0 fully saturated rings. The van der Waals surface area contributed by atoms with Gasteiger partial charge in [-0.25, -0.2) is 9.59 Å². The number of hydrogen-bond acceptors (Lipinski definition) is 5. The van der Waals surface area contributed by atoms with Crippen molar-refractivity contribution in [1.29, 1.82) is 0 Å². The molecule has 2 amide bonds. The smallest absolute Gasteiger partial charge is 0.338 e. The molecule has 2 rings (SSSR count). The van der Waals surface area contributed by atoms with E-state index in [0.717, 1.165) is 0 Å². The fourth-order valence-electron chi connectivity index (χ4n) is 2.32. The van der Waals surface area contributed by atoms with Gasteiger partial charge >= 0.3 is 12.0 Å². The van der Waals surface area contributed by atoms with E-state index in [1.54, 1.807) is 6.92 Å². The molecule has 0 bridgehead atoms. The van der Waals surface area contributed by atoms with Crippen LogP contribution in [0.2, 0.25) is 0 Å². The first kappa shape index (κ1) is 17.5. The van der Waals surface area contributed by atoms with Gasteiger partial charge in [0.05, 0.1) is 23.1 Å². The minimum Gasteiger partial charge on any atom is -0.462 e. The summed E-state index contributed by atoms with van der Waals surface area (Å²) in [6.07, 6.45) is 0. The van der Waals surface area contributed by atoms with Gasteiger partial charge in [-0.3, -0.25) is 10.1 Å². The third kappa shape index (κ3) is 3.89. The SMILES string of the molecule is CC1=C(C(=O)OCC(C)C)[C@@H](c2ccc([N+](=O)[O-])cc2)NC(=O)N1. The Morgan fingerprint density at radius 1 is 1.33 bits per heavy atom. The summed E-state index contributed by atoms with van der Waals surface area (Å²) in [6, 6.07) is 4.51. The molecule has 0 saturated heterocycles. The molecule has 0 aromatic heterocycles. The Balaban J connectivity index is 2.33. The van der Waals surface area contributed by atoms with E-state index in [1.165, 1.54) is 24.3 Å². The molecule has 8 heteroatoms. The van der Waals surface area contributed by atoms with E-state index < -0.39 is 23.0 Å². The van der Waals surface area contributed by atoms with Crippen molar-refractivity contribution in [1.82, 2.24) is 10.6 Å². The van der Waals surface area contributed by atoms with Gasteiger partial charge in [-0.1, -0.05) is 13.8 Å². The summed E-state index contributed by atoms with van der Waals surface area (Å²) in [5, 5.41) is 16.0. The highest BCUT2D eigenvalue weighted by molar-refractivity contribution is 5.95. The topological polar surface area (TPSA) is 111 Å². The van der Waals surface area contributed by atoms with Crippen molar-refractivity contribution in [2.75, 3.05) is 6.61 Å². The van der Waals surface area contributed by atoms with Crippen molar-refractivity contribution in [3.63, 3.8) is 0 Å². The van der Waals surface area contributed by atoms with E-state index in [9.17, 15) is 19.7 Å². The highest BCUT2D eigenvalue weighted by atomic mass is 16.6. The molecule has 1 aromatic rings. The molecule has 24 heavy (non-hydrogen) atoms. The molecule has 128 valence electrons. The van der Waals surface area contributed by atoms with Gasteiger partial charge in [0.15, 0.2) is 0 Å². The first-order valence-electron chi connectivity index (χ1n) is 7.49. The number of nitrogens with zero attached hydrogens (tertiary/aromatic N) is 1. The van der Waals surface area contributed by atoms with Gasteiger partial charge in [-0.15, -0.1) is 0 Å². The van der Waals surface area contributed by atoms with Crippen molar-refractivity contribution in [2.24, 2.45) is 5.92 Å². The van der Waals surface area contributed by atoms with Gasteiger partial charge in [-0.05, 0) is 30.5 Å². The summed E-state index contributed by atoms with van der Waals surface area (Å²) >= 11 is 0. The molecule has 1 aromatic carbocycles. The van der Waals surface area contributed by atoms with Crippen molar-refractivity contribution in [3.8, 4) is 0 Å². The Bertz CT molecular complexity index is 694. The van der Waals surface area contributed by atoms with E-state index in [-0.39, 0.29) is 23.8 Å². The van der Waals surface area contributed by atoms with Crippen LogP contribution in [0.4, 0.5) is 10.5 Å². The van der Waals surface area contributed by atoms with E-state index in [4.69, 9.17) is 4.74 Å².